The Morgan fingerprint density at radius 3 is 2.65 bits per heavy atom. The molecule has 0 atom stereocenters. The topological polar surface area (TPSA) is 55.7 Å². The molecule has 17 heavy (non-hydrogen) atoms. The Hall–Kier alpha value is -1.14. The molecule has 6 heteroatoms. The Morgan fingerprint density at radius 2 is 2.06 bits per heavy atom. The summed E-state index contributed by atoms with van der Waals surface area (Å²) >= 11 is 3.34. The van der Waals surface area contributed by atoms with Crippen molar-refractivity contribution in [2.24, 2.45) is 4.99 Å². The fourth-order valence-electron chi connectivity index (χ4n) is 1.34. The van der Waals surface area contributed by atoms with Gasteiger partial charge in [0.2, 0.25) is 9.84 Å². The molecule has 0 saturated heterocycles. The van der Waals surface area contributed by atoms with Gasteiger partial charge in [0, 0.05) is 0 Å². The molecule has 0 N–H and O–H groups in total. The van der Waals surface area contributed by atoms with Crippen molar-refractivity contribution < 1.29 is 13.2 Å². The van der Waals surface area contributed by atoms with Crippen LogP contribution in [0.3, 0.4) is 0 Å². The standard InChI is InChI=1S/C11H10BrNO3S/c1-8-13-9(7-17(8,14)15)6-16-11-5-3-2-4-10(11)12/h2-5,7H,6H2,1H3. The van der Waals surface area contributed by atoms with Gasteiger partial charge in [-0.1, -0.05) is 12.1 Å². The summed E-state index contributed by atoms with van der Waals surface area (Å²) in [5.74, 6) is 0.658. The van der Waals surface area contributed by atoms with Crippen LogP contribution in [0.4, 0.5) is 0 Å². The predicted octanol–water partition coefficient (Wildman–Crippen LogP) is 2.52. The van der Waals surface area contributed by atoms with Crippen LogP contribution in [0.5, 0.6) is 5.75 Å². The minimum Gasteiger partial charge on any atom is -0.486 e. The van der Waals surface area contributed by atoms with Crippen molar-refractivity contribution in [3.63, 3.8) is 0 Å². The Balaban J connectivity index is 2.09. The van der Waals surface area contributed by atoms with Crippen molar-refractivity contribution in [3.05, 3.63) is 39.8 Å². The maximum atomic E-state index is 11.4. The number of ether oxygens (including phenoxy) is 1. The molecule has 1 heterocycles. The van der Waals surface area contributed by atoms with Gasteiger partial charge < -0.3 is 4.74 Å². The molecule has 1 aromatic carbocycles. The van der Waals surface area contributed by atoms with Crippen LogP contribution in [0.15, 0.2) is 44.8 Å². The number of halogens is 1. The monoisotopic (exact) mass is 315 g/mol. The van der Waals surface area contributed by atoms with Gasteiger partial charge in [-0.15, -0.1) is 0 Å². The summed E-state index contributed by atoms with van der Waals surface area (Å²) in [7, 11) is -3.29. The summed E-state index contributed by atoms with van der Waals surface area (Å²) in [6, 6.07) is 7.36. The Labute approximate surface area is 108 Å². The maximum absolute atomic E-state index is 11.4. The number of hydrogen-bond acceptors (Lipinski definition) is 4. The van der Waals surface area contributed by atoms with Crippen molar-refractivity contribution in [2.75, 3.05) is 6.61 Å². The van der Waals surface area contributed by atoms with Crippen LogP contribution in [-0.4, -0.2) is 20.1 Å². The lowest BCUT2D eigenvalue weighted by molar-refractivity contribution is 0.349. The van der Waals surface area contributed by atoms with Crippen LogP contribution in [0.1, 0.15) is 6.92 Å². The van der Waals surface area contributed by atoms with Gasteiger partial charge in [0.1, 0.15) is 17.4 Å². The fraction of sp³-hybridized carbons (Fsp3) is 0.182. The molecule has 0 fully saturated rings. The third-order valence-electron chi connectivity index (χ3n) is 2.22. The first-order valence-electron chi connectivity index (χ1n) is 4.87. The average Bonchev–Trinajstić information content (AvgIpc) is 2.52. The van der Waals surface area contributed by atoms with Gasteiger partial charge in [0.05, 0.1) is 15.6 Å². The summed E-state index contributed by atoms with van der Waals surface area (Å²) in [4.78, 5) is 3.94. The molecule has 1 aliphatic rings. The first-order valence-corrected chi connectivity index (χ1v) is 7.21. The van der Waals surface area contributed by atoms with Gasteiger partial charge in [-0.2, -0.15) is 0 Å². The highest BCUT2D eigenvalue weighted by Crippen LogP contribution is 2.25. The zero-order chi connectivity index (χ0) is 12.5. The highest BCUT2D eigenvalue weighted by Gasteiger charge is 2.20. The van der Waals surface area contributed by atoms with Gasteiger partial charge in [0.25, 0.3) is 0 Å². The minimum atomic E-state index is -3.29. The Bertz CT molecular complexity index is 605. The molecule has 2 rings (SSSR count). The summed E-state index contributed by atoms with van der Waals surface area (Å²) in [5, 5.41) is 1.25. The summed E-state index contributed by atoms with van der Waals surface area (Å²) in [6.07, 6.45) is 0. The lowest BCUT2D eigenvalue weighted by Crippen LogP contribution is -2.01. The molecule has 0 aromatic heterocycles. The van der Waals surface area contributed by atoms with E-state index in [0.717, 1.165) is 9.88 Å². The van der Waals surface area contributed by atoms with E-state index in [0.29, 0.717) is 11.4 Å². The largest absolute Gasteiger partial charge is 0.486 e. The number of aliphatic imine (C=N–C) groups is 1. The lowest BCUT2D eigenvalue weighted by atomic mass is 10.3. The van der Waals surface area contributed by atoms with Crippen LogP contribution in [-0.2, 0) is 9.84 Å². The van der Waals surface area contributed by atoms with Crippen molar-refractivity contribution in [2.45, 2.75) is 6.92 Å². The van der Waals surface area contributed by atoms with Crippen LogP contribution in [0, 0.1) is 0 Å². The molecule has 0 saturated carbocycles. The quantitative estimate of drug-likeness (QED) is 0.861. The van der Waals surface area contributed by atoms with Gasteiger partial charge in [-0.25, -0.2) is 13.4 Å². The highest BCUT2D eigenvalue weighted by molar-refractivity contribution is 9.10. The smallest absolute Gasteiger partial charge is 0.214 e. The predicted molar refractivity (Wildman–Crippen MR) is 69.7 cm³/mol. The molecule has 0 amide bonds. The van der Waals surface area contributed by atoms with E-state index in [4.69, 9.17) is 4.74 Å². The molecular weight excluding hydrogens is 306 g/mol. The molecule has 90 valence electrons. The van der Waals surface area contributed by atoms with Gasteiger partial charge >= 0.3 is 0 Å². The van der Waals surface area contributed by atoms with Gasteiger partial charge in [-0.3, -0.25) is 0 Å². The first kappa shape index (κ1) is 12.3. The van der Waals surface area contributed by atoms with E-state index in [2.05, 4.69) is 20.9 Å². The summed E-state index contributed by atoms with van der Waals surface area (Å²) in [6.45, 7) is 1.61. The second-order valence-corrected chi connectivity index (χ2v) is 6.27. The van der Waals surface area contributed by atoms with Gasteiger partial charge in [0.15, 0.2) is 0 Å². The fourth-order valence-corrected chi connectivity index (χ4v) is 2.63. The van der Waals surface area contributed by atoms with Crippen molar-refractivity contribution in [3.8, 4) is 5.75 Å². The average molecular weight is 316 g/mol. The van der Waals surface area contributed by atoms with Gasteiger partial charge in [-0.05, 0) is 35.0 Å². The molecule has 0 unspecified atom stereocenters. The third-order valence-corrected chi connectivity index (χ3v) is 4.37. The van der Waals surface area contributed by atoms with Crippen LogP contribution >= 0.6 is 15.9 Å². The molecule has 0 spiro atoms. The van der Waals surface area contributed by atoms with E-state index in [1.165, 1.54) is 6.92 Å². The van der Waals surface area contributed by atoms with Crippen LogP contribution < -0.4 is 4.74 Å². The zero-order valence-corrected chi connectivity index (χ0v) is 11.5. The van der Waals surface area contributed by atoms with E-state index in [1.54, 1.807) is 6.07 Å². The van der Waals surface area contributed by atoms with E-state index >= 15 is 0 Å². The van der Waals surface area contributed by atoms with Crippen molar-refractivity contribution in [1.82, 2.24) is 0 Å². The minimum absolute atomic E-state index is 0.114. The van der Waals surface area contributed by atoms with E-state index in [1.807, 2.05) is 18.2 Å². The highest BCUT2D eigenvalue weighted by atomic mass is 79.9. The summed E-state index contributed by atoms with van der Waals surface area (Å²) < 4.78 is 29.1. The number of sulfone groups is 1. The number of hydrogen-bond donors (Lipinski definition) is 0. The lowest BCUT2D eigenvalue weighted by Gasteiger charge is -2.06. The SMILES string of the molecule is CC1=NC(COc2ccccc2Br)=CS1(=O)=O. The van der Waals surface area contributed by atoms with Crippen molar-refractivity contribution >= 4 is 30.8 Å². The van der Waals surface area contributed by atoms with Crippen molar-refractivity contribution in [1.29, 1.82) is 0 Å². The second-order valence-electron chi connectivity index (χ2n) is 3.50. The maximum Gasteiger partial charge on any atom is 0.214 e. The number of benzene rings is 1. The number of rotatable bonds is 3. The molecular formula is C11H10BrNO3S. The van der Waals surface area contributed by atoms with Crippen LogP contribution in [0.25, 0.3) is 0 Å². The molecule has 4 nitrogen and oxygen atoms in total. The molecule has 1 aliphatic heterocycles. The van der Waals surface area contributed by atoms with E-state index < -0.39 is 9.84 Å². The number of nitrogens with zero attached hydrogens (tertiary/aromatic N) is 1. The molecule has 1 aromatic rings. The molecule has 0 aliphatic carbocycles. The Morgan fingerprint density at radius 1 is 1.35 bits per heavy atom. The summed E-state index contributed by atoms with van der Waals surface area (Å²) in [5.41, 5.74) is 0.415. The molecule has 0 radical (unpaired) electrons. The van der Waals surface area contributed by atoms with E-state index in [-0.39, 0.29) is 11.7 Å². The molecule has 0 bridgehead atoms. The number of para-hydroxylation sites is 1. The third kappa shape index (κ3) is 2.76. The zero-order valence-electron chi connectivity index (χ0n) is 9.05. The first-order chi connectivity index (χ1) is 7.99. The van der Waals surface area contributed by atoms with E-state index in [9.17, 15) is 8.42 Å². The second kappa shape index (κ2) is 4.62. The Kier molecular flexibility index (Phi) is 3.35. The van der Waals surface area contributed by atoms with Crippen LogP contribution in [0.2, 0.25) is 0 Å². The normalized spacial score (nSPS) is 17.5.